The third-order valence-corrected chi connectivity index (χ3v) is 2.53. The maximum absolute atomic E-state index is 11.3. The number of ketones is 1. The predicted molar refractivity (Wildman–Crippen MR) is 45.6 cm³/mol. The maximum Gasteiger partial charge on any atom is 0.163 e. The van der Waals surface area contributed by atoms with Crippen LogP contribution in [0.3, 0.4) is 0 Å². The number of methoxy groups -OCH3 is 1. The Morgan fingerprint density at radius 1 is 1.33 bits per heavy atom. The number of Topliss-reactive ketones (excluding diaryl/α,β-unsaturated/α-hetero) is 1. The number of carbonyl (C=O) groups excluding carboxylic acids is 1. The molecule has 12 heavy (non-hydrogen) atoms. The molecule has 2 aliphatic carbocycles. The fourth-order valence-corrected chi connectivity index (χ4v) is 1.93. The van der Waals surface area contributed by atoms with Gasteiger partial charge in [-0.2, -0.15) is 0 Å². The number of carbonyl (C=O) groups is 1. The lowest BCUT2D eigenvalue weighted by Gasteiger charge is -2.14. The van der Waals surface area contributed by atoms with Crippen molar-refractivity contribution in [1.29, 1.82) is 0 Å². The number of allylic oxidation sites excluding steroid dienone is 4. The van der Waals surface area contributed by atoms with E-state index in [1.807, 2.05) is 6.08 Å². The third kappa shape index (κ3) is 0.986. The monoisotopic (exact) mass is 164 g/mol. The van der Waals surface area contributed by atoms with Crippen LogP contribution in [0.2, 0.25) is 0 Å². The average molecular weight is 164 g/mol. The third-order valence-electron chi connectivity index (χ3n) is 2.53. The van der Waals surface area contributed by atoms with Crippen molar-refractivity contribution in [2.45, 2.75) is 25.7 Å². The van der Waals surface area contributed by atoms with Crippen LogP contribution in [0.25, 0.3) is 0 Å². The molecule has 0 aromatic carbocycles. The summed E-state index contributed by atoms with van der Waals surface area (Å²) < 4.78 is 5.24. The Hall–Kier alpha value is -1.05. The molecule has 64 valence electrons. The highest BCUT2D eigenvalue weighted by Gasteiger charge is 2.27. The van der Waals surface area contributed by atoms with Gasteiger partial charge in [0.25, 0.3) is 0 Å². The molecule has 0 unspecified atom stereocenters. The first kappa shape index (κ1) is 7.59. The molecule has 1 saturated carbocycles. The summed E-state index contributed by atoms with van der Waals surface area (Å²) in [5.74, 6) is 1.32. The number of hydrogen-bond donors (Lipinski definition) is 0. The number of ether oxygens (including phenoxy) is 1. The molecule has 0 spiro atoms. The first-order chi connectivity index (χ1) is 5.83. The fourth-order valence-electron chi connectivity index (χ4n) is 1.93. The summed E-state index contributed by atoms with van der Waals surface area (Å²) in [5, 5.41) is 0. The zero-order chi connectivity index (χ0) is 8.55. The van der Waals surface area contributed by atoms with Crippen molar-refractivity contribution in [1.82, 2.24) is 0 Å². The van der Waals surface area contributed by atoms with E-state index in [2.05, 4.69) is 0 Å². The number of hydrogen-bond acceptors (Lipinski definition) is 2. The lowest BCUT2D eigenvalue weighted by molar-refractivity contribution is -0.114. The van der Waals surface area contributed by atoms with Crippen molar-refractivity contribution in [3.05, 3.63) is 23.0 Å². The van der Waals surface area contributed by atoms with Gasteiger partial charge in [0, 0.05) is 24.0 Å². The van der Waals surface area contributed by atoms with Crippen LogP contribution in [-0.2, 0) is 9.53 Å². The lowest BCUT2D eigenvalue weighted by Crippen LogP contribution is -2.02. The Morgan fingerprint density at radius 2 is 2.17 bits per heavy atom. The Morgan fingerprint density at radius 3 is 2.92 bits per heavy atom. The molecule has 0 atom stereocenters. The van der Waals surface area contributed by atoms with Crippen molar-refractivity contribution >= 4 is 5.78 Å². The molecule has 1 fully saturated rings. The van der Waals surface area contributed by atoms with Gasteiger partial charge in [-0.25, -0.2) is 0 Å². The van der Waals surface area contributed by atoms with E-state index < -0.39 is 0 Å². The molecule has 2 nitrogen and oxygen atoms in total. The van der Waals surface area contributed by atoms with Gasteiger partial charge in [-0.1, -0.05) is 6.08 Å². The van der Waals surface area contributed by atoms with Crippen LogP contribution < -0.4 is 0 Å². The zero-order valence-corrected chi connectivity index (χ0v) is 7.22. The van der Waals surface area contributed by atoms with Crippen molar-refractivity contribution in [3.63, 3.8) is 0 Å². The molecule has 2 heteroatoms. The molecular weight excluding hydrogens is 152 g/mol. The van der Waals surface area contributed by atoms with Crippen LogP contribution in [0.15, 0.2) is 23.0 Å². The van der Waals surface area contributed by atoms with Crippen molar-refractivity contribution < 1.29 is 9.53 Å². The van der Waals surface area contributed by atoms with Crippen LogP contribution >= 0.6 is 0 Å². The topological polar surface area (TPSA) is 26.3 Å². The van der Waals surface area contributed by atoms with Gasteiger partial charge < -0.3 is 4.74 Å². The van der Waals surface area contributed by atoms with Crippen LogP contribution in [-0.4, -0.2) is 12.9 Å². The summed E-state index contributed by atoms with van der Waals surface area (Å²) in [6.45, 7) is 0. The minimum atomic E-state index is 0.291. The van der Waals surface area contributed by atoms with Crippen molar-refractivity contribution in [2.24, 2.45) is 0 Å². The van der Waals surface area contributed by atoms with E-state index in [1.54, 1.807) is 7.11 Å². The molecule has 0 bridgehead atoms. The number of fused-ring (bicyclic) bond motifs is 1. The van der Waals surface area contributed by atoms with E-state index in [0.29, 0.717) is 12.2 Å². The molecule has 0 saturated heterocycles. The number of rotatable bonds is 1. The van der Waals surface area contributed by atoms with Crippen LogP contribution in [0.4, 0.5) is 0 Å². The summed E-state index contributed by atoms with van der Waals surface area (Å²) in [4.78, 5) is 11.3. The van der Waals surface area contributed by atoms with E-state index in [-0.39, 0.29) is 0 Å². The van der Waals surface area contributed by atoms with Gasteiger partial charge in [0.2, 0.25) is 0 Å². The minimum absolute atomic E-state index is 0.291. The smallest absolute Gasteiger partial charge is 0.163 e. The zero-order valence-electron chi connectivity index (χ0n) is 7.22. The second-order valence-electron chi connectivity index (χ2n) is 3.19. The van der Waals surface area contributed by atoms with Gasteiger partial charge in [-0.15, -0.1) is 0 Å². The maximum atomic E-state index is 11.3. The molecule has 0 aromatic rings. The summed E-state index contributed by atoms with van der Waals surface area (Å²) in [6, 6.07) is 0. The largest absolute Gasteiger partial charge is 0.501 e. The Bertz CT molecular complexity index is 284. The van der Waals surface area contributed by atoms with Gasteiger partial charge in [0.15, 0.2) is 5.78 Å². The molecule has 0 radical (unpaired) electrons. The van der Waals surface area contributed by atoms with Crippen molar-refractivity contribution in [2.75, 3.05) is 7.11 Å². The first-order valence-corrected chi connectivity index (χ1v) is 4.32. The Balaban J connectivity index is 2.41. The summed E-state index contributed by atoms with van der Waals surface area (Å²) >= 11 is 0. The fraction of sp³-hybridized carbons (Fsp3) is 0.500. The lowest BCUT2D eigenvalue weighted by atomic mass is 9.99. The normalized spacial score (nSPS) is 22.4. The van der Waals surface area contributed by atoms with E-state index in [1.165, 1.54) is 0 Å². The van der Waals surface area contributed by atoms with E-state index in [9.17, 15) is 4.79 Å². The highest BCUT2D eigenvalue weighted by Crippen LogP contribution is 2.35. The highest BCUT2D eigenvalue weighted by molar-refractivity contribution is 6.03. The second kappa shape index (κ2) is 2.77. The summed E-state index contributed by atoms with van der Waals surface area (Å²) in [5.41, 5.74) is 2.09. The first-order valence-electron chi connectivity index (χ1n) is 4.32. The molecule has 0 amide bonds. The minimum Gasteiger partial charge on any atom is -0.501 e. The van der Waals surface area contributed by atoms with Gasteiger partial charge in [-0.05, 0) is 12.8 Å². The standard InChI is InChI=1S/C10H12O2/c1-12-10-4-2-3-7-8(10)5-6-9(7)11/h3H,2,4-6H2,1H3. The quantitative estimate of drug-likeness (QED) is 0.592. The van der Waals surface area contributed by atoms with E-state index >= 15 is 0 Å². The molecule has 0 N–H and O–H groups in total. The van der Waals surface area contributed by atoms with Crippen molar-refractivity contribution in [3.8, 4) is 0 Å². The molecule has 2 aliphatic rings. The molecular formula is C10H12O2. The predicted octanol–water partition coefficient (Wildman–Crippen LogP) is 1.97. The molecule has 0 aromatic heterocycles. The summed E-state index contributed by atoms with van der Waals surface area (Å²) in [6.07, 6.45) is 5.52. The van der Waals surface area contributed by atoms with Gasteiger partial charge in [0.1, 0.15) is 0 Å². The molecule has 2 rings (SSSR count). The van der Waals surface area contributed by atoms with E-state index in [4.69, 9.17) is 4.74 Å². The van der Waals surface area contributed by atoms with Gasteiger partial charge in [0.05, 0.1) is 12.9 Å². The van der Waals surface area contributed by atoms with Gasteiger partial charge in [-0.3, -0.25) is 4.79 Å². The SMILES string of the molecule is COC1=C2CCC(=O)C2=CCC1. The Kier molecular flexibility index (Phi) is 1.75. The van der Waals surface area contributed by atoms with Crippen LogP contribution in [0, 0.1) is 0 Å². The van der Waals surface area contributed by atoms with Gasteiger partial charge >= 0.3 is 0 Å². The second-order valence-corrected chi connectivity index (χ2v) is 3.19. The highest BCUT2D eigenvalue weighted by atomic mass is 16.5. The van der Waals surface area contributed by atoms with E-state index in [0.717, 1.165) is 36.2 Å². The summed E-state index contributed by atoms with van der Waals surface area (Å²) in [7, 11) is 1.69. The average Bonchev–Trinajstić information content (AvgIpc) is 2.48. The molecule has 0 heterocycles. The molecule has 0 aliphatic heterocycles. The Labute approximate surface area is 71.9 Å². The van der Waals surface area contributed by atoms with Crippen LogP contribution in [0.5, 0.6) is 0 Å². The van der Waals surface area contributed by atoms with Crippen LogP contribution in [0.1, 0.15) is 25.7 Å².